The van der Waals surface area contributed by atoms with Crippen LogP contribution in [0.15, 0.2) is 35.7 Å². The Balaban J connectivity index is 1.91. The zero-order valence-electron chi connectivity index (χ0n) is 14.5. The van der Waals surface area contributed by atoms with E-state index in [4.69, 9.17) is 23.2 Å². The molecule has 2 N–H and O–H groups in total. The van der Waals surface area contributed by atoms with Crippen LogP contribution in [0.4, 0.5) is 4.79 Å². The number of amides is 3. The highest BCUT2D eigenvalue weighted by atomic mass is 35.5. The molecule has 1 saturated heterocycles. The van der Waals surface area contributed by atoms with Crippen LogP contribution in [0.5, 0.6) is 0 Å². The number of nitrogens with one attached hydrogen (secondary N) is 2. The third kappa shape index (κ3) is 5.66. The number of benzene rings is 1. The largest absolute Gasteiger partial charge is 0.334 e. The maximum Gasteiger partial charge on any atom is 0.321 e. The Kier molecular flexibility index (Phi) is 7.63. The van der Waals surface area contributed by atoms with Crippen LogP contribution in [-0.2, 0) is 14.8 Å². The van der Waals surface area contributed by atoms with Gasteiger partial charge in [0.05, 0.1) is 16.6 Å². The lowest BCUT2D eigenvalue weighted by Gasteiger charge is -2.33. The first-order valence-corrected chi connectivity index (χ1v) is 10.3. The lowest BCUT2D eigenvalue weighted by Crippen LogP contribution is -2.52. The van der Waals surface area contributed by atoms with E-state index in [1.165, 1.54) is 28.6 Å². The smallest absolute Gasteiger partial charge is 0.321 e. The second-order valence-corrected chi connectivity index (χ2v) is 8.47. The van der Waals surface area contributed by atoms with Gasteiger partial charge in [-0.3, -0.25) is 15.0 Å². The molecule has 0 aromatic heterocycles. The van der Waals surface area contributed by atoms with Crippen LogP contribution in [0.1, 0.15) is 0 Å². The molecule has 1 aliphatic heterocycles. The van der Waals surface area contributed by atoms with Gasteiger partial charge in [-0.1, -0.05) is 35.3 Å². The zero-order valence-corrected chi connectivity index (χ0v) is 16.8. The summed E-state index contributed by atoms with van der Waals surface area (Å²) in [6.45, 7) is 4.79. The van der Waals surface area contributed by atoms with Crippen molar-refractivity contribution in [1.82, 2.24) is 19.8 Å². The van der Waals surface area contributed by atoms with Crippen molar-refractivity contribution < 1.29 is 18.0 Å². The van der Waals surface area contributed by atoms with Crippen LogP contribution < -0.4 is 10.6 Å². The molecule has 0 atom stereocenters. The highest BCUT2D eigenvalue weighted by Crippen LogP contribution is 2.31. The fourth-order valence-electron chi connectivity index (χ4n) is 2.53. The number of hydrogen-bond donors (Lipinski definition) is 2. The van der Waals surface area contributed by atoms with E-state index in [-0.39, 0.29) is 41.1 Å². The van der Waals surface area contributed by atoms with E-state index >= 15 is 0 Å². The van der Waals surface area contributed by atoms with Crippen molar-refractivity contribution >= 4 is 45.2 Å². The molecule has 0 saturated carbocycles. The Morgan fingerprint density at radius 1 is 1.19 bits per heavy atom. The minimum Gasteiger partial charge on any atom is -0.334 e. The van der Waals surface area contributed by atoms with Crippen LogP contribution in [-0.4, -0.2) is 68.8 Å². The third-order valence-corrected chi connectivity index (χ3v) is 6.76. The topological polar surface area (TPSA) is 98.8 Å². The highest BCUT2D eigenvalue weighted by molar-refractivity contribution is 7.89. The number of nitrogens with zero attached hydrogens (tertiary/aromatic N) is 2. The molecule has 148 valence electrons. The second-order valence-electron chi connectivity index (χ2n) is 5.78. The molecule has 1 aliphatic rings. The molecule has 0 aliphatic carbocycles. The zero-order chi connectivity index (χ0) is 20.0. The van der Waals surface area contributed by atoms with Crippen LogP contribution in [0.2, 0.25) is 10.0 Å². The molecule has 1 aromatic rings. The van der Waals surface area contributed by atoms with Gasteiger partial charge in [0.15, 0.2) is 0 Å². The predicted octanol–water partition coefficient (Wildman–Crippen LogP) is 1.31. The van der Waals surface area contributed by atoms with Crippen molar-refractivity contribution in [3.05, 3.63) is 40.9 Å². The van der Waals surface area contributed by atoms with Gasteiger partial charge in [-0.25, -0.2) is 13.2 Å². The average molecular weight is 435 g/mol. The van der Waals surface area contributed by atoms with Crippen molar-refractivity contribution in [1.29, 1.82) is 0 Å². The number of imide groups is 1. The van der Waals surface area contributed by atoms with E-state index in [2.05, 4.69) is 17.2 Å². The van der Waals surface area contributed by atoms with E-state index < -0.39 is 22.0 Å². The number of halogens is 2. The van der Waals surface area contributed by atoms with Crippen molar-refractivity contribution in [3.8, 4) is 0 Å². The summed E-state index contributed by atoms with van der Waals surface area (Å²) in [5.41, 5.74) is 0. The van der Waals surface area contributed by atoms with Crippen molar-refractivity contribution in [3.63, 3.8) is 0 Å². The number of sulfonamides is 1. The number of rotatable bonds is 6. The predicted molar refractivity (Wildman–Crippen MR) is 103 cm³/mol. The molecule has 0 bridgehead atoms. The lowest BCUT2D eigenvalue weighted by molar-refractivity contribution is -0.121. The molecule has 1 aromatic carbocycles. The molecular weight excluding hydrogens is 415 g/mol. The van der Waals surface area contributed by atoms with E-state index in [1.807, 2.05) is 0 Å². The summed E-state index contributed by atoms with van der Waals surface area (Å²) in [4.78, 5) is 25.0. The maximum atomic E-state index is 12.8. The number of hydrogen-bond acceptors (Lipinski definition) is 5. The minimum absolute atomic E-state index is 0.00663. The first-order chi connectivity index (χ1) is 12.8. The minimum atomic E-state index is -3.78. The van der Waals surface area contributed by atoms with Gasteiger partial charge in [-0.2, -0.15) is 4.31 Å². The SMILES string of the molecule is C=CCNC(=O)NC(=O)CN1CCN(S(=O)(=O)c2cccc(Cl)c2Cl)CC1. The molecule has 11 heteroatoms. The van der Waals surface area contributed by atoms with Crippen LogP contribution in [0.3, 0.4) is 0 Å². The Labute approximate surface area is 168 Å². The van der Waals surface area contributed by atoms with Crippen LogP contribution >= 0.6 is 23.2 Å². The van der Waals surface area contributed by atoms with Gasteiger partial charge in [0.1, 0.15) is 4.90 Å². The van der Waals surface area contributed by atoms with Crippen molar-refractivity contribution in [2.45, 2.75) is 4.90 Å². The summed E-state index contributed by atoms with van der Waals surface area (Å²) in [7, 11) is -3.78. The first kappa shape index (κ1) is 21.6. The van der Waals surface area contributed by atoms with E-state index in [0.717, 1.165) is 0 Å². The molecule has 8 nitrogen and oxygen atoms in total. The van der Waals surface area contributed by atoms with E-state index in [0.29, 0.717) is 13.1 Å². The molecule has 1 fully saturated rings. The van der Waals surface area contributed by atoms with Crippen molar-refractivity contribution in [2.24, 2.45) is 0 Å². The number of carbonyl (C=O) groups excluding carboxylic acids is 2. The Bertz CT molecular complexity index is 824. The Hall–Kier alpha value is -1.65. The lowest BCUT2D eigenvalue weighted by atomic mass is 10.3. The van der Waals surface area contributed by atoms with Crippen LogP contribution in [0, 0.1) is 0 Å². The fraction of sp³-hybridized carbons (Fsp3) is 0.375. The quantitative estimate of drug-likeness (QED) is 0.657. The molecular formula is C16H20Cl2N4O4S. The summed E-state index contributed by atoms with van der Waals surface area (Å²) in [5, 5.41) is 4.80. The monoisotopic (exact) mass is 434 g/mol. The van der Waals surface area contributed by atoms with E-state index in [1.54, 1.807) is 4.90 Å². The normalized spacial score (nSPS) is 15.9. The third-order valence-electron chi connectivity index (χ3n) is 3.89. The van der Waals surface area contributed by atoms with E-state index in [9.17, 15) is 18.0 Å². The number of carbonyl (C=O) groups is 2. The maximum absolute atomic E-state index is 12.8. The highest BCUT2D eigenvalue weighted by Gasteiger charge is 2.31. The van der Waals surface area contributed by atoms with Gasteiger partial charge in [0.25, 0.3) is 0 Å². The summed E-state index contributed by atoms with van der Waals surface area (Å²) >= 11 is 11.9. The average Bonchev–Trinajstić information content (AvgIpc) is 2.62. The molecule has 2 rings (SSSR count). The number of urea groups is 1. The molecule has 1 heterocycles. The fourth-order valence-corrected chi connectivity index (χ4v) is 4.69. The van der Waals surface area contributed by atoms with Gasteiger partial charge in [-0.15, -0.1) is 6.58 Å². The summed E-state index contributed by atoms with van der Waals surface area (Å²) in [6, 6.07) is 3.85. The number of piperazine rings is 1. The van der Waals surface area contributed by atoms with Gasteiger partial charge in [-0.05, 0) is 12.1 Å². The van der Waals surface area contributed by atoms with Gasteiger partial charge in [0.2, 0.25) is 15.9 Å². The molecule has 0 spiro atoms. The summed E-state index contributed by atoms with van der Waals surface area (Å²) in [5.74, 6) is -0.467. The van der Waals surface area contributed by atoms with Gasteiger partial charge < -0.3 is 5.32 Å². The first-order valence-electron chi connectivity index (χ1n) is 8.11. The molecule has 3 amide bonds. The van der Waals surface area contributed by atoms with Gasteiger partial charge >= 0.3 is 6.03 Å². The Morgan fingerprint density at radius 2 is 1.85 bits per heavy atom. The standard InChI is InChI=1S/C16H20Cl2N4O4S/c1-2-6-19-16(24)20-14(23)11-21-7-9-22(10-8-21)27(25,26)13-5-3-4-12(17)15(13)18/h2-5H,1,6-11H2,(H2,19,20,23,24). The molecule has 0 radical (unpaired) electrons. The molecule has 0 unspecified atom stereocenters. The van der Waals surface area contributed by atoms with Crippen LogP contribution in [0.25, 0.3) is 0 Å². The van der Waals surface area contributed by atoms with Crippen molar-refractivity contribution in [2.75, 3.05) is 39.3 Å². The Morgan fingerprint density at radius 3 is 2.48 bits per heavy atom. The summed E-state index contributed by atoms with van der Waals surface area (Å²) < 4.78 is 26.8. The van der Waals surface area contributed by atoms with Gasteiger partial charge in [0, 0.05) is 32.7 Å². The second kappa shape index (κ2) is 9.52. The summed E-state index contributed by atoms with van der Waals surface area (Å²) in [6.07, 6.45) is 1.50. The molecule has 27 heavy (non-hydrogen) atoms.